The van der Waals surface area contributed by atoms with Crippen LogP contribution in [0.5, 0.6) is 0 Å². The molecule has 0 aromatic heterocycles. The van der Waals surface area contributed by atoms with E-state index in [0.717, 1.165) is 19.3 Å². The molecule has 0 bridgehead atoms. The average molecular weight is 234 g/mol. The maximum absolute atomic E-state index is 11.9. The highest BCUT2D eigenvalue weighted by Gasteiger charge is 2.35. The molecule has 0 heterocycles. The first-order chi connectivity index (χ1) is 7.06. The maximum Gasteiger partial charge on any atom is 0.214 e. The fourth-order valence-corrected chi connectivity index (χ4v) is 3.89. The minimum absolute atomic E-state index is 0.143. The van der Waals surface area contributed by atoms with Gasteiger partial charge in [-0.15, -0.1) is 0 Å². The second kappa shape index (κ2) is 5.27. The van der Waals surface area contributed by atoms with Crippen molar-refractivity contribution in [3.05, 3.63) is 0 Å². The Hall–Kier alpha value is -0.130. The van der Waals surface area contributed by atoms with Crippen molar-refractivity contribution in [2.24, 2.45) is 11.7 Å². The third kappa shape index (κ3) is 2.71. The average Bonchev–Trinajstić information content (AvgIpc) is 2.66. The molecule has 2 atom stereocenters. The molecule has 0 aromatic carbocycles. The minimum Gasteiger partial charge on any atom is -0.330 e. The van der Waals surface area contributed by atoms with Crippen LogP contribution in [0.2, 0.25) is 0 Å². The number of hydrogen-bond donors (Lipinski definition) is 1. The van der Waals surface area contributed by atoms with Crippen molar-refractivity contribution in [2.45, 2.75) is 39.2 Å². The molecular weight excluding hydrogens is 212 g/mol. The van der Waals surface area contributed by atoms with Crippen LogP contribution >= 0.6 is 0 Å². The van der Waals surface area contributed by atoms with Gasteiger partial charge in [0.1, 0.15) is 0 Å². The van der Waals surface area contributed by atoms with E-state index in [1.807, 2.05) is 6.92 Å². The van der Waals surface area contributed by atoms with Crippen LogP contribution in [0.15, 0.2) is 0 Å². The van der Waals surface area contributed by atoms with Crippen molar-refractivity contribution in [1.29, 1.82) is 0 Å². The lowest BCUT2D eigenvalue weighted by molar-refractivity contribution is 0.276. The summed E-state index contributed by atoms with van der Waals surface area (Å²) in [5, 5.41) is 0. The van der Waals surface area contributed by atoms with E-state index in [0.29, 0.717) is 19.0 Å². The van der Waals surface area contributed by atoms with Crippen molar-refractivity contribution in [2.75, 3.05) is 18.8 Å². The molecule has 90 valence electrons. The van der Waals surface area contributed by atoms with Gasteiger partial charge < -0.3 is 5.73 Å². The van der Waals surface area contributed by atoms with Crippen LogP contribution in [0.25, 0.3) is 0 Å². The lowest BCUT2D eigenvalue weighted by Gasteiger charge is -2.30. The number of rotatable bonds is 5. The van der Waals surface area contributed by atoms with Crippen LogP contribution in [0.4, 0.5) is 0 Å². The Kier molecular flexibility index (Phi) is 4.55. The second-order valence-corrected chi connectivity index (χ2v) is 6.31. The van der Waals surface area contributed by atoms with Crippen LogP contribution in [0, 0.1) is 5.92 Å². The number of hydrogen-bond acceptors (Lipinski definition) is 3. The van der Waals surface area contributed by atoms with Gasteiger partial charge in [0.25, 0.3) is 0 Å². The molecule has 0 saturated heterocycles. The third-order valence-electron chi connectivity index (χ3n) is 3.33. The van der Waals surface area contributed by atoms with Crippen molar-refractivity contribution in [3.63, 3.8) is 0 Å². The molecule has 2 N–H and O–H groups in total. The van der Waals surface area contributed by atoms with E-state index in [4.69, 9.17) is 5.73 Å². The third-order valence-corrected chi connectivity index (χ3v) is 5.30. The lowest BCUT2D eigenvalue weighted by atomic mass is 10.0. The highest BCUT2D eigenvalue weighted by atomic mass is 32.2. The molecule has 5 heteroatoms. The van der Waals surface area contributed by atoms with Gasteiger partial charge in [-0.05, 0) is 32.2 Å². The highest BCUT2D eigenvalue weighted by molar-refractivity contribution is 7.89. The molecule has 1 fully saturated rings. The molecule has 15 heavy (non-hydrogen) atoms. The Morgan fingerprint density at radius 3 is 2.47 bits per heavy atom. The maximum atomic E-state index is 11.9. The van der Waals surface area contributed by atoms with Gasteiger partial charge in [-0.3, -0.25) is 0 Å². The van der Waals surface area contributed by atoms with Crippen LogP contribution in [0.1, 0.15) is 33.1 Å². The van der Waals surface area contributed by atoms with E-state index in [1.54, 1.807) is 11.2 Å². The summed E-state index contributed by atoms with van der Waals surface area (Å²) >= 11 is 0. The molecule has 1 saturated carbocycles. The quantitative estimate of drug-likeness (QED) is 0.765. The minimum atomic E-state index is -3.06. The summed E-state index contributed by atoms with van der Waals surface area (Å²) in [4.78, 5) is 0. The van der Waals surface area contributed by atoms with Crippen molar-refractivity contribution < 1.29 is 8.42 Å². The summed E-state index contributed by atoms with van der Waals surface area (Å²) in [6.45, 7) is 4.77. The molecule has 0 spiro atoms. The van der Waals surface area contributed by atoms with E-state index in [9.17, 15) is 8.42 Å². The topological polar surface area (TPSA) is 63.4 Å². The van der Waals surface area contributed by atoms with Gasteiger partial charge in [0.15, 0.2) is 0 Å². The van der Waals surface area contributed by atoms with Crippen molar-refractivity contribution in [1.82, 2.24) is 4.31 Å². The molecule has 2 unspecified atom stereocenters. The van der Waals surface area contributed by atoms with Crippen molar-refractivity contribution in [3.8, 4) is 0 Å². The Morgan fingerprint density at radius 2 is 2.00 bits per heavy atom. The summed E-state index contributed by atoms with van der Waals surface area (Å²) in [6.07, 6.45) is 3.13. The molecular formula is C10H22N2O2S. The zero-order chi connectivity index (χ0) is 11.5. The first kappa shape index (κ1) is 12.9. The highest BCUT2D eigenvalue weighted by Crippen LogP contribution is 2.30. The normalized spacial score (nSPS) is 27.5. The van der Waals surface area contributed by atoms with Gasteiger partial charge in [0.05, 0.1) is 5.75 Å². The first-order valence-corrected chi connectivity index (χ1v) is 7.37. The molecule has 0 aromatic rings. The van der Waals surface area contributed by atoms with Crippen LogP contribution in [0.3, 0.4) is 0 Å². The van der Waals surface area contributed by atoms with Gasteiger partial charge in [-0.2, -0.15) is 4.31 Å². The number of nitrogens with zero attached hydrogens (tertiary/aromatic N) is 1. The Balaban J connectivity index is 2.83. The van der Waals surface area contributed by atoms with Crippen LogP contribution in [-0.4, -0.2) is 37.6 Å². The van der Waals surface area contributed by atoms with E-state index < -0.39 is 10.0 Å². The summed E-state index contributed by atoms with van der Waals surface area (Å²) in [6, 6.07) is 0.143. The zero-order valence-corrected chi connectivity index (χ0v) is 10.5. The molecule has 1 aliphatic rings. The zero-order valence-electron chi connectivity index (χ0n) is 9.65. The molecule has 0 aliphatic heterocycles. The van der Waals surface area contributed by atoms with E-state index in [2.05, 4.69) is 0 Å². The van der Waals surface area contributed by atoms with Gasteiger partial charge in [0.2, 0.25) is 10.0 Å². The fourth-order valence-electron chi connectivity index (χ4n) is 2.47. The molecule has 1 rings (SSSR count). The summed E-state index contributed by atoms with van der Waals surface area (Å²) in [5.41, 5.74) is 5.68. The van der Waals surface area contributed by atoms with Gasteiger partial charge >= 0.3 is 0 Å². The van der Waals surface area contributed by atoms with Crippen LogP contribution in [-0.2, 0) is 10.0 Å². The monoisotopic (exact) mass is 234 g/mol. The number of sulfonamides is 1. The summed E-state index contributed by atoms with van der Waals surface area (Å²) < 4.78 is 25.4. The summed E-state index contributed by atoms with van der Waals surface area (Å²) in [7, 11) is -3.06. The Labute approximate surface area is 92.9 Å². The molecule has 4 nitrogen and oxygen atoms in total. The molecule has 0 amide bonds. The van der Waals surface area contributed by atoms with E-state index in [-0.39, 0.29) is 11.8 Å². The Morgan fingerprint density at radius 1 is 1.33 bits per heavy atom. The predicted octanol–water partition coefficient (Wildman–Crippen LogP) is 0.785. The van der Waals surface area contributed by atoms with Crippen LogP contribution < -0.4 is 5.73 Å². The van der Waals surface area contributed by atoms with Gasteiger partial charge in [-0.25, -0.2) is 8.42 Å². The molecule has 1 aliphatic carbocycles. The Bertz CT molecular complexity index is 290. The van der Waals surface area contributed by atoms with E-state index >= 15 is 0 Å². The fraction of sp³-hybridized carbons (Fsp3) is 1.00. The second-order valence-electron chi connectivity index (χ2n) is 4.10. The van der Waals surface area contributed by atoms with Gasteiger partial charge in [0, 0.05) is 12.6 Å². The number of nitrogens with two attached hydrogens (primary N) is 1. The van der Waals surface area contributed by atoms with E-state index in [1.165, 1.54) is 0 Å². The SMILES string of the molecule is CCN(C1CCCC1CN)S(=O)(=O)CC. The lowest BCUT2D eigenvalue weighted by Crippen LogP contribution is -2.44. The molecule has 0 radical (unpaired) electrons. The van der Waals surface area contributed by atoms with Gasteiger partial charge in [-0.1, -0.05) is 13.3 Å². The first-order valence-electron chi connectivity index (χ1n) is 5.76. The van der Waals surface area contributed by atoms with Crippen molar-refractivity contribution >= 4 is 10.0 Å². The summed E-state index contributed by atoms with van der Waals surface area (Å²) in [5.74, 6) is 0.542. The largest absolute Gasteiger partial charge is 0.330 e. The predicted molar refractivity (Wildman–Crippen MR) is 62.0 cm³/mol. The standard InChI is InChI=1S/C10H22N2O2S/c1-3-12(15(13,14)4-2)10-7-5-6-9(10)8-11/h9-10H,3-8,11H2,1-2H3. The smallest absolute Gasteiger partial charge is 0.214 e.